The van der Waals surface area contributed by atoms with Gasteiger partial charge in [0.15, 0.2) is 0 Å². The van der Waals surface area contributed by atoms with E-state index in [9.17, 15) is 4.79 Å². The summed E-state index contributed by atoms with van der Waals surface area (Å²) >= 11 is 0. The third kappa shape index (κ3) is 4.66. The van der Waals surface area contributed by atoms with E-state index in [4.69, 9.17) is 5.73 Å². The predicted molar refractivity (Wildman–Crippen MR) is 100 cm³/mol. The number of benzene rings is 1. The third-order valence-electron chi connectivity index (χ3n) is 3.53. The van der Waals surface area contributed by atoms with Crippen LogP contribution < -0.4 is 11.1 Å². The van der Waals surface area contributed by atoms with Gasteiger partial charge in [-0.15, -0.1) is 29.9 Å². The van der Waals surface area contributed by atoms with Crippen molar-refractivity contribution in [1.29, 1.82) is 0 Å². The van der Waals surface area contributed by atoms with Gasteiger partial charge in [0.25, 0.3) is 11.7 Å². The van der Waals surface area contributed by atoms with Crippen LogP contribution in [-0.4, -0.2) is 32.0 Å². The van der Waals surface area contributed by atoms with Gasteiger partial charge in [-0.05, 0) is 25.5 Å². The van der Waals surface area contributed by atoms with Crippen molar-refractivity contribution in [2.45, 2.75) is 19.9 Å². The molecule has 0 bridgehead atoms. The summed E-state index contributed by atoms with van der Waals surface area (Å²) in [4.78, 5) is 20.7. The van der Waals surface area contributed by atoms with Crippen molar-refractivity contribution in [1.82, 2.24) is 24.9 Å². The lowest BCUT2D eigenvalue weighted by Gasteiger charge is -2.12. The third-order valence-corrected chi connectivity index (χ3v) is 3.53. The summed E-state index contributed by atoms with van der Waals surface area (Å²) in [7, 11) is 0. The first kappa shape index (κ1) is 20.8. The number of amides is 1. The van der Waals surface area contributed by atoms with Crippen LogP contribution in [0.4, 0.5) is 0 Å². The van der Waals surface area contributed by atoms with E-state index in [0.717, 1.165) is 17.0 Å². The molecule has 3 N–H and O–H groups in total. The molecular formula is C16H20Cl2N6O. The van der Waals surface area contributed by atoms with Gasteiger partial charge in [0.1, 0.15) is 0 Å². The van der Waals surface area contributed by atoms with Crippen molar-refractivity contribution in [3.05, 3.63) is 59.2 Å². The quantitative estimate of drug-likeness (QED) is 0.718. The number of halogens is 2. The summed E-state index contributed by atoms with van der Waals surface area (Å²) in [6, 6.07) is 11.2. The van der Waals surface area contributed by atoms with Gasteiger partial charge in [-0.3, -0.25) is 4.79 Å². The fourth-order valence-corrected chi connectivity index (χ4v) is 2.36. The van der Waals surface area contributed by atoms with Crippen LogP contribution in [0.2, 0.25) is 0 Å². The van der Waals surface area contributed by atoms with Crippen LogP contribution in [-0.2, 0) is 0 Å². The monoisotopic (exact) mass is 382 g/mol. The number of carbonyl (C=O) groups excluding carboxylic acids is 1. The minimum atomic E-state index is -0.362. The Bertz CT molecular complexity index is 852. The van der Waals surface area contributed by atoms with E-state index in [1.807, 2.05) is 50.2 Å². The van der Waals surface area contributed by atoms with Crippen molar-refractivity contribution in [2.75, 3.05) is 6.54 Å². The number of fused-ring (bicyclic) bond motifs is 1. The van der Waals surface area contributed by atoms with Crippen LogP contribution in [0.1, 0.15) is 33.6 Å². The van der Waals surface area contributed by atoms with E-state index in [-0.39, 0.29) is 42.6 Å². The summed E-state index contributed by atoms with van der Waals surface area (Å²) in [6.45, 7) is 4.08. The van der Waals surface area contributed by atoms with Gasteiger partial charge in [-0.25, -0.2) is 9.50 Å². The van der Waals surface area contributed by atoms with Crippen LogP contribution in [0.5, 0.6) is 0 Å². The van der Waals surface area contributed by atoms with Crippen LogP contribution in [0.3, 0.4) is 0 Å². The molecule has 3 rings (SSSR count). The molecule has 134 valence electrons. The SMILES string of the molecule is Cc1cc(C)n2nc(C(=O)NC[C@H](N)c3ccccc3)nc2n1.Cl.Cl. The largest absolute Gasteiger partial charge is 0.347 e. The first-order valence-electron chi connectivity index (χ1n) is 7.34. The zero-order valence-corrected chi connectivity index (χ0v) is 15.5. The number of hydrogen-bond acceptors (Lipinski definition) is 5. The second-order valence-electron chi connectivity index (χ2n) is 5.41. The molecule has 0 aliphatic heterocycles. The highest BCUT2D eigenvalue weighted by Crippen LogP contribution is 2.09. The Labute approximate surface area is 157 Å². The molecule has 0 saturated carbocycles. The molecule has 0 fully saturated rings. The first-order valence-corrected chi connectivity index (χ1v) is 7.34. The Morgan fingerprint density at radius 1 is 1.20 bits per heavy atom. The number of aromatic nitrogens is 4. The molecule has 0 aliphatic rings. The van der Waals surface area contributed by atoms with Crippen molar-refractivity contribution < 1.29 is 4.79 Å². The molecule has 1 amide bonds. The van der Waals surface area contributed by atoms with Gasteiger partial charge < -0.3 is 11.1 Å². The molecule has 2 heterocycles. The highest BCUT2D eigenvalue weighted by atomic mass is 35.5. The second kappa shape index (κ2) is 8.75. The molecule has 25 heavy (non-hydrogen) atoms. The Morgan fingerprint density at radius 2 is 1.88 bits per heavy atom. The number of nitrogens with two attached hydrogens (primary N) is 1. The summed E-state index contributed by atoms with van der Waals surface area (Å²) in [5.74, 6) is 0.144. The Morgan fingerprint density at radius 3 is 2.56 bits per heavy atom. The van der Waals surface area contributed by atoms with Gasteiger partial charge in [-0.2, -0.15) is 4.98 Å². The van der Waals surface area contributed by atoms with Crippen LogP contribution in [0, 0.1) is 13.8 Å². The summed E-state index contributed by atoms with van der Waals surface area (Å²) in [6.07, 6.45) is 0. The maximum Gasteiger partial charge on any atom is 0.291 e. The lowest BCUT2D eigenvalue weighted by atomic mass is 10.1. The van der Waals surface area contributed by atoms with Crippen LogP contribution >= 0.6 is 24.8 Å². The van der Waals surface area contributed by atoms with Gasteiger partial charge in [0, 0.05) is 24.0 Å². The summed E-state index contributed by atoms with van der Waals surface area (Å²) < 4.78 is 1.55. The summed E-state index contributed by atoms with van der Waals surface area (Å²) in [5, 5.41) is 6.96. The molecule has 0 saturated heterocycles. The summed E-state index contributed by atoms with van der Waals surface area (Å²) in [5.41, 5.74) is 8.74. The topological polar surface area (TPSA) is 98.2 Å². The van der Waals surface area contributed by atoms with Crippen molar-refractivity contribution in [3.8, 4) is 0 Å². The highest BCUT2D eigenvalue weighted by Gasteiger charge is 2.16. The van der Waals surface area contributed by atoms with Crippen molar-refractivity contribution in [3.63, 3.8) is 0 Å². The Hall–Kier alpha value is -2.22. The molecule has 0 unspecified atom stereocenters. The average molecular weight is 383 g/mol. The Balaban J connectivity index is 0.00000156. The minimum absolute atomic E-state index is 0. The molecule has 1 aromatic carbocycles. The number of aryl methyl sites for hydroxylation is 2. The molecule has 9 heteroatoms. The van der Waals surface area contributed by atoms with E-state index >= 15 is 0 Å². The van der Waals surface area contributed by atoms with Crippen LogP contribution in [0.25, 0.3) is 5.78 Å². The number of nitrogens with zero attached hydrogens (tertiary/aromatic N) is 4. The van der Waals surface area contributed by atoms with E-state index in [0.29, 0.717) is 12.3 Å². The van der Waals surface area contributed by atoms with Gasteiger partial charge in [0.05, 0.1) is 0 Å². The average Bonchev–Trinajstić information content (AvgIpc) is 2.97. The fourth-order valence-electron chi connectivity index (χ4n) is 2.36. The van der Waals surface area contributed by atoms with E-state index in [2.05, 4.69) is 20.4 Å². The number of carbonyl (C=O) groups is 1. The molecule has 1 atom stereocenters. The number of rotatable bonds is 4. The number of nitrogens with one attached hydrogen (secondary N) is 1. The van der Waals surface area contributed by atoms with Crippen molar-refractivity contribution >= 4 is 36.5 Å². The molecule has 0 spiro atoms. The molecule has 3 aromatic rings. The maximum atomic E-state index is 12.2. The van der Waals surface area contributed by atoms with Gasteiger partial charge >= 0.3 is 0 Å². The maximum absolute atomic E-state index is 12.2. The Kier molecular flexibility index (Phi) is 7.29. The van der Waals surface area contributed by atoms with E-state index < -0.39 is 0 Å². The smallest absolute Gasteiger partial charge is 0.291 e. The predicted octanol–water partition coefficient (Wildman–Crippen LogP) is 2.01. The second-order valence-corrected chi connectivity index (χ2v) is 5.41. The fraction of sp³-hybridized carbons (Fsp3) is 0.250. The van der Waals surface area contributed by atoms with Crippen molar-refractivity contribution in [2.24, 2.45) is 5.73 Å². The normalized spacial score (nSPS) is 11.3. The molecule has 7 nitrogen and oxygen atoms in total. The molecular weight excluding hydrogens is 363 g/mol. The standard InChI is InChI=1S/C16H18N6O.2ClH/c1-10-8-11(2)22-16(19-10)20-14(21-22)15(23)18-9-13(17)12-6-4-3-5-7-12;;/h3-8,13H,9,17H2,1-2H3,(H,18,23);2*1H/t13-;;/m0../s1. The minimum Gasteiger partial charge on any atom is -0.347 e. The van der Waals surface area contributed by atoms with Crippen LogP contribution in [0.15, 0.2) is 36.4 Å². The van der Waals surface area contributed by atoms with E-state index in [1.165, 1.54) is 0 Å². The van der Waals surface area contributed by atoms with E-state index in [1.54, 1.807) is 4.52 Å². The lowest BCUT2D eigenvalue weighted by molar-refractivity contribution is 0.0941. The molecule has 0 aliphatic carbocycles. The zero-order chi connectivity index (χ0) is 16.4. The molecule has 0 radical (unpaired) electrons. The highest BCUT2D eigenvalue weighted by molar-refractivity contribution is 5.90. The van der Waals surface area contributed by atoms with Gasteiger partial charge in [-0.1, -0.05) is 30.3 Å². The first-order chi connectivity index (χ1) is 11.0. The number of hydrogen-bond donors (Lipinski definition) is 2. The van der Waals surface area contributed by atoms with Gasteiger partial charge in [0.2, 0.25) is 5.82 Å². The lowest BCUT2D eigenvalue weighted by Crippen LogP contribution is -2.32. The molecule has 2 aromatic heterocycles. The zero-order valence-electron chi connectivity index (χ0n) is 13.8.